The van der Waals surface area contributed by atoms with Crippen molar-refractivity contribution in [2.45, 2.75) is 51.2 Å². The van der Waals surface area contributed by atoms with Crippen LogP contribution >= 0.6 is 0 Å². The van der Waals surface area contributed by atoms with Crippen LogP contribution in [-0.4, -0.2) is 74.5 Å². The monoisotopic (exact) mass is 440 g/mol. The highest BCUT2D eigenvalue weighted by molar-refractivity contribution is 5.92. The Balaban J connectivity index is 2.73. The second-order valence-electron chi connectivity index (χ2n) is 7.23. The van der Waals surface area contributed by atoms with E-state index in [1.165, 1.54) is 12.5 Å². The number of aromatic nitrogens is 2. The number of hydrogen-bond donors (Lipinski definition) is 7. The number of carboxylic acids is 2. The normalized spacial score (nSPS) is 13.7. The van der Waals surface area contributed by atoms with Crippen molar-refractivity contribution in [3.63, 3.8) is 0 Å². The number of nitrogens with two attached hydrogens (primary N) is 1. The van der Waals surface area contributed by atoms with Crippen LogP contribution in [-0.2, 0) is 30.4 Å². The van der Waals surface area contributed by atoms with Crippen LogP contribution in [0.25, 0.3) is 0 Å². The van der Waals surface area contributed by atoms with Gasteiger partial charge in [-0.3, -0.25) is 19.2 Å². The molecule has 0 aliphatic rings. The lowest BCUT2D eigenvalue weighted by Crippen LogP contribution is -2.54. The van der Waals surface area contributed by atoms with Crippen LogP contribution in [0.5, 0.6) is 0 Å². The van der Waals surface area contributed by atoms with Crippen molar-refractivity contribution in [2.75, 3.05) is 6.54 Å². The van der Waals surface area contributed by atoms with Gasteiger partial charge in [0.05, 0.1) is 18.9 Å². The van der Waals surface area contributed by atoms with Crippen LogP contribution in [0, 0.1) is 5.92 Å². The van der Waals surface area contributed by atoms with Crippen LogP contribution in [0.4, 0.5) is 0 Å². The van der Waals surface area contributed by atoms with E-state index in [9.17, 15) is 24.0 Å². The van der Waals surface area contributed by atoms with E-state index in [2.05, 4.69) is 25.9 Å². The van der Waals surface area contributed by atoms with Crippen LogP contribution in [0.2, 0.25) is 0 Å². The average Bonchev–Trinajstić information content (AvgIpc) is 3.20. The molecule has 1 heterocycles. The number of H-pyrrole nitrogens is 1. The maximum atomic E-state index is 12.6. The van der Waals surface area contributed by atoms with Crippen LogP contribution in [0.3, 0.4) is 0 Å². The zero-order valence-corrected chi connectivity index (χ0v) is 17.3. The second kappa shape index (κ2) is 12.3. The molecular weight excluding hydrogens is 412 g/mol. The standard InChI is InChI=1S/C18H28N6O7/c1-9(2)15(18(30)31)24-13(25)7-21-17(29)12(5-10-6-20-8-22-10)23-16(28)11(19)3-4-14(26)27/h6,8-9,11-12,15H,3-5,7,19H2,1-2H3,(H,20,22)(H,21,29)(H,23,28)(H,24,25)(H,26,27)(H,30,31). The fourth-order valence-corrected chi connectivity index (χ4v) is 2.54. The molecule has 0 spiro atoms. The highest BCUT2D eigenvalue weighted by Crippen LogP contribution is 2.03. The number of nitrogens with zero attached hydrogens (tertiary/aromatic N) is 1. The third-order valence-corrected chi connectivity index (χ3v) is 4.29. The Labute approximate surface area is 178 Å². The maximum Gasteiger partial charge on any atom is 0.326 e. The summed E-state index contributed by atoms with van der Waals surface area (Å²) >= 11 is 0. The number of carbonyl (C=O) groups excluding carboxylic acids is 3. The minimum atomic E-state index is -1.20. The van der Waals surface area contributed by atoms with E-state index in [1.54, 1.807) is 13.8 Å². The predicted octanol–water partition coefficient (Wildman–Crippen LogP) is -2.03. The van der Waals surface area contributed by atoms with Gasteiger partial charge < -0.3 is 36.9 Å². The number of imidazole rings is 1. The number of hydrogen-bond acceptors (Lipinski definition) is 7. The Morgan fingerprint density at radius 2 is 1.81 bits per heavy atom. The van der Waals surface area contributed by atoms with Gasteiger partial charge in [-0.2, -0.15) is 0 Å². The van der Waals surface area contributed by atoms with Crippen molar-refractivity contribution in [3.05, 3.63) is 18.2 Å². The van der Waals surface area contributed by atoms with Crippen molar-refractivity contribution < 1.29 is 34.2 Å². The molecule has 3 unspecified atom stereocenters. The number of carbonyl (C=O) groups is 5. The Morgan fingerprint density at radius 1 is 1.13 bits per heavy atom. The Kier molecular flexibility index (Phi) is 10.1. The van der Waals surface area contributed by atoms with Gasteiger partial charge in [0.2, 0.25) is 17.7 Å². The van der Waals surface area contributed by atoms with Crippen molar-refractivity contribution >= 4 is 29.7 Å². The summed E-state index contributed by atoms with van der Waals surface area (Å²) < 4.78 is 0. The minimum Gasteiger partial charge on any atom is -0.481 e. The first-order valence-electron chi connectivity index (χ1n) is 9.56. The highest BCUT2D eigenvalue weighted by atomic mass is 16.4. The van der Waals surface area contributed by atoms with E-state index in [0.29, 0.717) is 5.69 Å². The molecule has 1 rings (SSSR count). The van der Waals surface area contributed by atoms with Crippen molar-refractivity contribution in [1.29, 1.82) is 0 Å². The molecule has 1 aromatic heterocycles. The zero-order valence-electron chi connectivity index (χ0n) is 17.3. The van der Waals surface area contributed by atoms with E-state index in [-0.39, 0.29) is 25.2 Å². The number of nitrogens with one attached hydrogen (secondary N) is 4. The van der Waals surface area contributed by atoms with E-state index >= 15 is 0 Å². The molecule has 0 aromatic carbocycles. The molecule has 0 fully saturated rings. The summed E-state index contributed by atoms with van der Waals surface area (Å²) in [5.41, 5.74) is 6.20. The predicted molar refractivity (Wildman–Crippen MR) is 106 cm³/mol. The van der Waals surface area contributed by atoms with E-state index in [1.807, 2.05) is 0 Å². The van der Waals surface area contributed by atoms with Gasteiger partial charge >= 0.3 is 11.9 Å². The van der Waals surface area contributed by atoms with Crippen molar-refractivity contribution in [2.24, 2.45) is 11.7 Å². The van der Waals surface area contributed by atoms with Crippen LogP contribution in [0.1, 0.15) is 32.4 Å². The van der Waals surface area contributed by atoms with Gasteiger partial charge in [-0.1, -0.05) is 13.8 Å². The topological polar surface area (TPSA) is 217 Å². The third-order valence-electron chi connectivity index (χ3n) is 4.29. The average molecular weight is 440 g/mol. The Bertz CT molecular complexity index is 780. The van der Waals surface area contributed by atoms with E-state index in [4.69, 9.17) is 15.9 Å². The first-order valence-corrected chi connectivity index (χ1v) is 9.56. The van der Waals surface area contributed by atoms with Gasteiger partial charge in [-0.25, -0.2) is 9.78 Å². The van der Waals surface area contributed by atoms with Crippen molar-refractivity contribution in [3.8, 4) is 0 Å². The molecule has 0 radical (unpaired) electrons. The molecule has 8 N–H and O–H groups in total. The fraction of sp³-hybridized carbons (Fsp3) is 0.556. The van der Waals surface area contributed by atoms with E-state index in [0.717, 1.165) is 0 Å². The molecule has 0 saturated carbocycles. The van der Waals surface area contributed by atoms with Crippen molar-refractivity contribution in [1.82, 2.24) is 25.9 Å². The van der Waals surface area contributed by atoms with Gasteiger partial charge in [0.1, 0.15) is 12.1 Å². The summed E-state index contributed by atoms with van der Waals surface area (Å²) in [4.78, 5) is 65.3. The quantitative estimate of drug-likeness (QED) is 0.180. The Morgan fingerprint density at radius 3 is 2.32 bits per heavy atom. The molecule has 3 atom stereocenters. The molecule has 0 saturated heterocycles. The molecule has 31 heavy (non-hydrogen) atoms. The molecular formula is C18H28N6O7. The fourth-order valence-electron chi connectivity index (χ4n) is 2.54. The molecule has 1 aromatic rings. The first-order chi connectivity index (χ1) is 14.5. The molecule has 13 nitrogen and oxygen atoms in total. The first kappa shape index (κ1) is 25.6. The SMILES string of the molecule is CC(C)C(NC(=O)CNC(=O)C(Cc1cnc[nH]1)NC(=O)C(N)CCC(=O)O)C(=O)O. The number of aliphatic carboxylic acids is 2. The van der Waals surface area contributed by atoms with Gasteiger partial charge in [-0.05, 0) is 12.3 Å². The highest BCUT2D eigenvalue weighted by Gasteiger charge is 2.27. The summed E-state index contributed by atoms with van der Waals surface area (Å²) in [6, 6.07) is -3.38. The lowest BCUT2D eigenvalue weighted by molar-refractivity contribution is -0.143. The number of aromatic amines is 1. The smallest absolute Gasteiger partial charge is 0.326 e. The van der Waals surface area contributed by atoms with Crippen LogP contribution in [0.15, 0.2) is 12.5 Å². The van der Waals surface area contributed by atoms with Gasteiger partial charge in [-0.15, -0.1) is 0 Å². The molecule has 3 amide bonds. The molecule has 172 valence electrons. The largest absolute Gasteiger partial charge is 0.481 e. The van der Waals surface area contributed by atoms with E-state index < -0.39 is 54.3 Å². The summed E-state index contributed by atoms with van der Waals surface area (Å²) in [5.74, 6) is -4.82. The van der Waals surface area contributed by atoms with Gasteiger partial charge in [0, 0.05) is 24.7 Å². The minimum absolute atomic E-state index is 0.00852. The van der Waals surface area contributed by atoms with Crippen LogP contribution < -0.4 is 21.7 Å². The summed E-state index contributed by atoms with van der Waals surface area (Å²) in [5, 5.41) is 24.9. The summed E-state index contributed by atoms with van der Waals surface area (Å²) in [6.45, 7) is 2.75. The molecule has 0 aliphatic heterocycles. The number of amides is 3. The lowest BCUT2D eigenvalue weighted by Gasteiger charge is -2.21. The number of rotatable bonds is 13. The van der Waals surface area contributed by atoms with Gasteiger partial charge in [0.25, 0.3) is 0 Å². The summed E-state index contributed by atoms with van der Waals surface area (Å²) in [6.07, 6.45) is 2.41. The molecule has 13 heteroatoms. The van der Waals surface area contributed by atoms with Gasteiger partial charge in [0.15, 0.2) is 0 Å². The third kappa shape index (κ3) is 9.25. The maximum absolute atomic E-state index is 12.6. The number of carboxylic acid groups (broad SMARTS) is 2. The summed E-state index contributed by atoms with van der Waals surface area (Å²) in [7, 11) is 0. The Hall–Kier alpha value is -3.48. The zero-order chi connectivity index (χ0) is 23.6. The lowest BCUT2D eigenvalue weighted by atomic mass is 10.0. The molecule has 0 aliphatic carbocycles. The molecule has 0 bridgehead atoms. The second-order valence-corrected chi connectivity index (χ2v) is 7.23.